The minimum absolute atomic E-state index is 0.110. The van der Waals surface area contributed by atoms with Gasteiger partial charge in [0.2, 0.25) is 0 Å². The van der Waals surface area contributed by atoms with Gasteiger partial charge in [0.15, 0.2) is 0 Å². The monoisotopic (exact) mass is 480 g/mol. The lowest BCUT2D eigenvalue weighted by molar-refractivity contribution is 0.0161. The Hall–Kier alpha value is -1.57. The Labute approximate surface area is 216 Å². The van der Waals surface area contributed by atoms with E-state index in [2.05, 4.69) is 32.1 Å². The lowest BCUT2D eigenvalue weighted by Gasteiger charge is -2.28. The maximum absolute atomic E-state index is 12.7. The van der Waals surface area contributed by atoms with Crippen molar-refractivity contribution in [3.05, 3.63) is 41.5 Å². The van der Waals surface area contributed by atoms with Gasteiger partial charge < -0.3 is 4.74 Å². The SMILES string of the molecule is CCCCCCCCC1CC=C(c2ccc(C(=O)OC3CCC(CCCCCC)CC3)cc2)CC1. The van der Waals surface area contributed by atoms with Gasteiger partial charge in [0, 0.05) is 0 Å². The molecule has 0 spiro atoms. The summed E-state index contributed by atoms with van der Waals surface area (Å²) in [4.78, 5) is 12.7. The largest absolute Gasteiger partial charge is 0.459 e. The molecule has 0 bridgehead atoms. The first-order valence-corrected chi connectivity index (χ1v) is 15.2. The van der Waals surface area contributed by atoms with Crippen LogP contribution in [0.5, 0.6) is 0 Å². The van der Waals surface area contributed by atoms with Gasteiger partial charge in [-0.05, 0) is 80.1 Å². The summed E-state index contributed by atoms with van der Waals surface area (Å²) in [5.41, 5.74) is 3.44. The van der Waals surface area contributed by atoms with Crippen molar-refractivity contribution in [2.24, 2.45) is 11.8 Å². The van der Waals surface area contributed by atoms with E-state index in [1.165, 1.54) is 120 Å². The molecule has 1 fully saturated rings. The minimum Gasteiger partial charge on any atom is -0.459 e. The third-order valence-corrected chi connectivity index (χ3v) is 8.51. The predicted molar refractivity (Wildman–Crippen MR) is 150 cm³/mol. The van der Waals surface area contributed by atoms with Crippen LogP contribution in [0.15, 0.2) is 30.3 Å². The second kappa shape index (κ2) is 16.2. The molecule has 0 N–H and O–H groups in total. The summed E-state index contributed by atoms with van der Waals surface area (Å²) in [5, 5.41) is 0. The number of unbranched alkanes of at least 4 members (excludes halogenated alkanes) is 8. The molecule has 0 aliphatic heterocycles. The fourth-order valence-electron chi connectivity index (χ4n) is 6.06. The third-order valence-electron chi connectivity index (χ3n) is 8.51. The number of rotatable bonds is 15. The number of ether oxygens (including phenoxy) is 1. The van der Waals surface area contributed by atoms with Crippen LogP contribution in [0.1, 0.15) is 152 Å². The normalized spacial score (nSPS) is 22.6. The van der Waals surface area contributed by atoms with Crippen molar-refractivity contribution < 1.29 is 9.53 Å². The zero-order valence-electron chi connectivity index (χ0n) is 22.9. The number of esters is 1. The van der Waals surface area contributed by atoms with E-state index in [4.69, 9.17) is 4.74 Å². The molecule has 0 heterocycles. The Morgan fingerprint density at radius 1 is 0.743 bits per heavy atom. The Morgan fingerprint density at radius 3 is 1.97 bits per heavy atom. The highest BCUT2D eigenvalue weighted by Gasteiger charge is 2.24. The first-order valence-electron chi connectivity index (χ1n) is 15.2. The van der Waals surface area contributed by atoms with Crippen LogP contribution in [0.3, 0.4) is 0 Å². The molecule has 1 saturated carbocycles. The van der Waals surface area contributed by atoms with Gasteiger partial charge in [0.1, 0.15) is 6.10 Å². The summed E-state index contributed by atoms with van der Waals surface area (Å²) in [6.45, 7) is 4.56. The lowest BCUT2D eigenvalue weighted by Crippen LogP contribution is -2.24. The highest BCUT2D eigenvalue weighted by molar-refractivity contribution is 5.90. The maximum atomic E-state index is 12.7. The Kier molecular flexibility index (Phi) is 13.0. The predicted octanol–water partition coefficient (Wildman–Crippen LogP) is 10.3. The van der Waals surface area contributed by atoms with Crippen molar-refractivity contribution in [2.75, 3.05) is 0 Å². The van der Waals surface area contributed by atoms with E-state index in [9.17, 15) is 4.79 Å². The number of hydrogen-bond acceptors (Lipinski definition) is 2. The van der Waals surface area contributed by atoms with E-state index in [1.54, 1.807) is 0 Å². The van der Waals surface area contributed by atoms with E-state index in [0.717, 1.165) is 24.7 Å². The van der Waals surface area contributed by atoms with Crippen molar-refractivity contribution in [3.8, 4) is 0 Å². The average Bonchev–Trinajstić information content (AvgIpc) is 2.90. The quantitative estimate of drug-likeness (QED) is 0.184. The molecule has 1 atom stereocenters. The molecule has 2 aliphatic rings. The van der Waals surface area contributed by atoms with E-state index in [0.29, 0.717) is 5.56 Å². The molecule has 3 rings (SSSR count). The highest BCUT2D eigenvalue weighted by Crippen LogP contribution is 2.34. The molecular weight excluding hydrogens is 428 g/mol. The fraction of sp³-hybridized carbons (Fsp3) is 0.727. The van der Waals surface area contributed by atoms with Crippen molar-refractivity contribution >= 4 is 11.5 Å². The number of carbonyl (C=O) groups excluding carboxylic acids is 1. The standard InChI is InChI=1S/C33H52O2/c1-3-5-7-9-10-12-14-27-15-19-29(20-16-27)30-21-23-31(24-22-30)33(34)35-32-25-17-28(18-26-32)13-11-8-6-4-2/h19,21-24,27-28,32H,3-18,20,25-26H2,1-2H3. The average molecular weight is 481 g/mol. The molecule has 196 valence electrons. The van der Waals surface area contributed by atoms with Crippen molar-refractivity contribution in [1.82, 2.24) is 0 Å². The van der Waals surface area contributed by atoms with Crippen molar-refractivity contribution in [3.63, 3.8) is 0 Å². The Bertz CT molecular complexity index is 739. The van der Waals surface area contributed by atoms with Crippen LogP contribution in [0.2, 0.25) is 0 Å². The van der Waals surface area contributed by atoms with Gasteiger partial charge in [-0.2, -0.15) is 0 Å². The topological polar surface area (TPSA) is 26.3 Å². The summed E-state index contributed by atoms with van der Waals surface area (Å²) in [7, 11) is 0. The molecule has 0 aromatic heterocycles. The van der Waals surface area contributed by atoms with Gasteiger partial charge in [-0.25, -0.2) is 4.79 Å². The number of benzene rings is 1. The number of allylic oxidation sites excluding steroid dienone is 2. The molecule has 1 aromatic rings. The molecule has 0 amide bonds. The van der Waals surface area contributed by atoms with Gasteiger partial charge in [-0.15, -0.1) is 0 Å². The molecule has 0 saturated heterocycles. The van der Waals surface area contributed by atoms with Crippen molar-refractivity contribution in [2.45, 2.75) is 142 Å². The number of carbonyl (C=O) groups is 1. The summed E-state index contributed by atoms with van der Waals surface area (Å²) in [5.74, 6) is 1.57. The van der Waals surface area contributed by atoms with Crippen LogP contribution >= 0.6 is 0 Å². The highest BCUT2D eigenvalue weighted by atomic mass is 16.5. The van der Waals surface area contributed by atoms with E-state index < -0.39 is 0 Å². The molecule has 1 aromatic carbocycles. The van der Waals surface area contributed by atoms with Crippen LogP contribution in [-0.4, -0.2) is 12.1 Å². The maximum Gasteiger partial charge on any atom is 0.338 e. The van der Waals surface area contributed by atoms with Gasteiger partial charge in [-0.1, -0.05) is 109 Å². The van der Waals surface area contributed by atoms with Gasteiger partial charge >= 0.3 is 5.97 Å². The molecule has 35 heavy (non-hydrogen) atoms. The first kappa shape index (κ1) is 28.0. The van der Waals surface area contributed by atoms with Gasteiger partial charge in [-0.3, -0.25) is 0 Å². The molecule has 1 unspecified atom stereocenters. The summed E-state index contributed by atoms with van der Waals surface area (Å²) >= 11 is 0. The molecule has 0 radical (unpaired) electrons. The number of hydrogen-bond donors (Lipinski definition) is 0. The minimum atomic E-state index is -0.139. The first-order chi connectivity index (χ1) is 17.2. The van der Waals surface area contributed by atoms with Crippen LogP contribution < -0.4 is 0 Å². The van der Waals surface area contributed by atoms with Gasteiger partial charge in [0.25, 0.3) is 0 Å². The van der Waals surface area contributed by atoms with Gasteiger partial charge in [0.05, 0.1) is 5.56 Å². The van der Waals surface area contributed by atoms with Crippen molar-refractivity contribution in [1.29, 1.82) is 0 Å². The van der Waals surface area contributed by atoms with Crippen LogP contribution in [0, 0.1) is 11.8 Å². The second-order valence-corrected chi connectivity index (χ2v) is 11.4. The zero-order valence-corrected chi connectivity index (χ0v) is 22.9. The third kappa shape index (κ3) is 10.1. The summed E-state index contributed by atoms with van der Waals surface area (Å²) in [6, 6.07) is 8.20. The summed E-state index contributed by atoms with van der Waals surface area (Å²) in [6.07, 6.45) is 27.3. The van der Waals surface area contributed by atoms with E-state index >= 15 is 0 Å². The van der Waals surface area contributed by atoms with E-state index in [1.807, 2.05) is 12.1 Å². The molecular formula is C33H52O2. The lowest BCUT2D eigenvalue weighted by atomic mass is 9.83. The Morgan fingerprint density at radius 2 is 1.34 bits per heavy atom. The van der Waals surface area contributed by atoms with Crippen LogP contribution in [0.25, 0.3) is 5.57 Å². The fourth-order valence-corrected chi connectivity index (χ4v) is 6.06. The molecule has 2 aliphatic carbocycles. The molecule has 2 nitrogen and oxygen atoms in total. The van der Waals surface area contributed by atoms with Crippen LogP contribution in [-0.2, 0) is 4.74 Å². The smallest absolute Gasteiger partial charge is 0.338 e. The van der Waals surface area contributed by atoms with E-state index in [-0.39, 0.29) is 12.1 Å². The molecule has 2 heteroatoms. The summed E-state index contributed by atoms with van der Waals surface area (Å²) < 4.78 is 5.88. The Balaban J connectivity index is 1.35. The van der Waals surface area contributed by atoms with Crippen LogP contribution in [0.4, 0.5) is 0 Å². The zero-order chi connectivity index (χ0) is 24.7. The second-order valence-electron chi connectivity index (χ2n) is 11.4.